The van der Waals surface area contributed by atoms with Crippen LogP contribution in [0.25, 0.3) is 0 Å². The molecule has 0 unspecified atom stereocenters. The molecular formula is C23H28ClN3O2. The van der Waals surface area contributed by atoms with Gasteiger partial charge in [-0.2, -0.15) is 0 Å². The Morgan fingerprint density at radius 1 is 1.07 bits per heavy atom. The predicted molar refractivity (Wildman–Crippen MR) is 118 cm³/mol. The number of anilines is 2. The van der Waals surface area contributed by atoms with Crippen LogP contribution in [0, 0.1) is 0 Å². The van der Waals surface area contributed by atoms with Crippen molar-refractivity contribution in [2.24, 2.45) is 0 Å². The van der Waals surface area contributed by atoms with E-state index in [4.69, 9.17) is 27.3 Å². The second-order valence-corrected chi connectivity index (χ2v) is 7.27. The standard InChI is InChI=1S/C23H28ClN3O2/c24-20-5-1-2-6-22(20)27-14-12-26(13-15-27)11-3-4-16-29-19-9-7-18-8-10-23(28)25-21(18)17-19/h1-2,5-7,9,17H,3-4,8,10-16H2,(H,25,28)/i3D2,4D2,11D2,16D2. The van der Waals surface area contributed by atoms with E-state index in [9.17, 15) is 4.79 Å². The predicted octanol–water partition coefficient (Wildman–Crippen LogP) is 4.21. The lowest BCUT2D eigenvalue weighted by Gasteiger charge is -2.36. The van der Waals surface area contributed by atoms with Gasteiger partial charge in [-0.05, 0) is 49.4 Å². The van der Waals surface area contributed by atoms with Crippen molar-refractivity contribution in [3.05, 3.63) is 53.1 Å². The largest absolute Gasteiger partial charge is 0.494 e. The molecule has 0 radical (unpaired) electrons. The summed E-state index contributed by atoms with van der Waals surface area (Å²) in [5.41, 5.74) is 2.01. The van der Waals surface area contributed by atoms with Crippen LogP contribution in [0.15, 0.2) is 42.5 Å². The highest BCUT2D eigenvalue weighted by molar-refractivity contribution is 6.33. The first-order valence-corrected chi connectivity index (χ1v) is 9.91. The highest BCUT2D eigenvalue weighted by Gasteiger charge is 2.18. The van der Waals surface area contributed by atoms with Crippen LogP contribution >= 0.6 is 11.6 Å². The Hall–Kier alpha value is -2.24. The highest BCUT2D eigenvalue weighted by Crippen LogP contribution is 2.28. The normalized spacial score (nSPS) is 23.1. The molecule has 0 spiro atoms. The molecule has 6 heteroatoms. The topological polar surface area (TPSA) is 44.8 Å². The lowest BCUT2D eigenvalue weighted by Crippen LogP contribution is -2.46. The molecule has 2 aliphatic heterocycles. The van der Waals surface area contributed by atoms with Crippen LogP contribution in [-0.4, -0.2) is 50.0 Å². The van der Waals surface area contributed by atoms with Gasteiger partial charge in [-0.15, -0.1) is 0 Å². The average Bonchev–Trinajstić information content (AvgIpc) is 2.83. The second-order valence-electron chi connectivity index (χ2n) is 6.86. The lowest BCUT2D eigenvalue weighted by molar-refractivity contribution is -0.116. The number of nitrogens with one attached hydrogen (secondary N) is 1. The van der Waals surface area contributed by atoms with E-state index in [0.29, 0.717) is 36.6 Å². The zero-order valence-electron chi connectivity index (χ0n) is 23.9. The van der Waals surface area contributed by atoms with E-state index in [1.54, 1.807) is 18.2 Å². The van der Waals surface area contributed by atoms with Crippen LogP contribution in [0.3, 0.4) is 0 Å². The quantitative estimate of drug-likeness (QED) is 0.727. The molecular weight excluding hydrogens is 386 g/mol. The first kappa shape index (κ1) is 12.5. The number of amides is 1. The molecule has 0 bridgehead atoms. The molecule has 5 nitrogen and oxygen atoms in total. The minimum Gasteiger partial charge on any atom is -0.494 e. The van der Waals surface area contributed by atoms with Crippen molar-refractivity contribution in [3.8, 4) is 5.75 Å². The van der Waals surface area contributed by atoms with E-state index in [1.807, 2.05) is 17.0 Å². The van der Waals surface area contributed by atoms with E-state index in [0.717, 1.165) is 11.3 Å². The van der Waals surface area contributed by atoms with Gasteiger partial charge in [0.25, 0.3) is 0 Å². The Kier molecular flexibility index (Phi) is 4.08. The number of carbonyl (C=O) groups is 1. The summed E-state index contributed by atoms with van der Waals surface area (Å²) in [6.45, 7) is -5.33. The summed E-state index contributed by atoms with van der Waals surface area (Å²) < 4.78 is 72.8. The van der Waals surface area contributed by atoms with Crippen LogP contribution < -0.4 is 15.0 Å². The maximum Gasteiger partial charge on any atom is 0.224 e. The third-order valence-electron chi connectivity index (χ3n) is 4.95. The zero-order valence-corrected chi connectivity index (χ0v) is 16.6. The van der Waals surface area contributed by atoms with Gasteiger partial charge in [0.2, 0.25) is 5.91 Å². The zero-order chi connectivity index (χ0) is 27.2. The van der Waals surface area contributed by atoms with Crippen molar-refractivity contribution < 1.29 is 20.5 Å². The Morgan fingerprint density at radius 3 is 2.72 bits per heavy atom. The van der Waals surface area contributed by atoms with Crippen molar-refractivity contribution in [1.29, 1.82) is 0 Å². The number of fused-ring (bicyclic) bond motifs is 1. The number of aryl methyl sites for hydroxylation is 1. The fourth-order valence-electron chi connectivity index (χ4n) is 3.40. The van der Waals surface area contributed by atoms with Gasteiger partial charge in [0.15, 0.2) is 0 Å². The molecule has 0 aliphatic carbocycles. The number of hydrogen-bond donors (Lipinski definition) is 1. The molecule has 1 N–H and O–H groups in total. The molecule has 2 heterocycles. The first-order chi connectivity index (χ1) is 17.2. The fraction of sp³-hybridized carbons (Fsp3) is 0.435. The first-order valence-electron chi connectivity index (χ1n) is 13.5. The maximum absolute atomic E-state index is 11.7. The minimum atomic E-state index is -3.41. The van der Waals surface area contributed by atoms with Gasteiger partial charge in [0.05, 0.1) is 20.0 Å². The molecule has 29 heavy (non-hydrogen) atoms. The van der Waals surface area contributed by atoms with Gasteiger partial charge in [0.1, 0.15) is 5.75 Å². The van der Waals surface area contributed by atoms with Gasteiger partial charge < -0.3 is 15.0 Å². The number of hydrogen-bond acceptors (Lipinski definition) is 4. The van der Waals surface area contributed by atoms with Crippen molar-refractivity contribution in [1.82, 2.24) is 4.90 Å². The van der Waals surface area contributed by atoms with Gasteiger partial charge in [-0.25, -0.2) is 0 Å². The molecule has 1 saturated heterocycles. The van der Waals surface area contributed by atoms with E-state index in [1.165, 1.54) is 17.0 Å². The Balaban J connectivity index is 1.51. The number of rotatable bonds is 7. The third-order valence-corrected chi connectivity index (χ3v) is 5.27. The molecule has 2 aliphatic rings. The maximum atomic E-state index is 11.7. The Morgan fingerprint density at radius 2 is 1.90 bits per heavy atom. The average molecular weight is 422 g/mol. The molecule has 154 valence electrons. The summed E-state index contributed by atoms with van der Waals surface area (Å²) in [6.07, 6.45) is -5.92. The van der Waals surface area contributed by atoms with Crippen molar-refractivity contribution in [2.75, 3.05) is 49.5 Å². The van der Waals surface area contributed by atoms with E-state index in [2.05, 4.69) is 5.32 Å². The number of para-hydroxylation sites is 1. The van der Waals surface area contributed by atoms with Crippen LogP contribution in [-0.2, 0) is 11.2 Å². The Labute approximate surface area is 188 Å². The summed E-state index contributed by atoms with van der Waals surface area (Å²) in [4.78, 5) is 14.8. The van der Waals surface area contributed by atoms with E-state index < -0.39 is 25.8 Å². The van der Waals surface area contributed by atoms with Crippen LogP contribution in [0.5, 0.6) is 5.75 Å². The number of carbonyl (C=O) groups excluding carboxylic acids is 1. The van der Waals surface area contributed by atoms with Crippen molar-refractivity contribution in [3.63, 3.8) is 0 Å². The van der Waals surface area contributed by atoms with Gasteiger partial charge in [-0.1, -0.05) is 29.8 Å². The third kappa shape index (κ3) is 5.22. The number of nitrogens with zero attached hydrogens (tertiary/aromatic N) is 2. The molecule has 1 amide bonds. The molecule has 0 aromatic heterocycles. The molecule has 0 saturated carbocycles. The molecule has 0 atom stereocenters. The van der Waals surface area contributed by atoms with Gasteiger partial charge >= 0.3 is 0 Å². The highest BCUT2D eigenvalue weighted by atomic mass is 35.5. The molecule has 4 rings (SSSR count). The SMILES string of the molecule is [2H]C([2H])(Oc1ccc2c(c1)NC(=O)CC2)C([2H])([2H])C([2H])([2H])C([2H])([2H])N1CCN(c2ccccc2Cl)CC1. The molecule has 1 fully saturated rings. The van der Waals surface area contributed by atoms with Gasteiger partial charge in [0, 0.05) is 52.6 Å². The fourth-order valence-corrected chi connectivity index (χ4v) is 3.65. The van der Waals surface area contributed by atoms with Crippen molar-refractivity contribution in [2.45, 2.75) is 25.6 Å². The summed E-state index contributed by atoms with van der Waals surface area (Å²) in [6, 6.07) is 11.6. The number of ether oxygens (including phenoxy) is 1. The minimum absolute atomic E-state index is 0.0716. The molecule has 2 aromatic rings. The number of halogens is 1. The summed E-state index contributed by atoms with van der Waals surface area (Å²) in [7, 11) is 0. The van der Waals surface area contributed by atoms with Gasteiger partial charge in [-0.3, -0.25) is 9.69 Å². The number of benzene rings is 2. The van der Waals surface area contributed by atoms with Crippen molar-refractivity contribution >= 4 is 28.9 Å². The summed E-state index contributed by atoms with van der Waals surface area (Å²) in [5, 5.41) is 3.19. The van der Waals surface area contributed by atoms with Crippen LogP contribution in [0.1, 0.15) is 35.7 Å². The second kappa shape index (κ2) is 9.51. The Bertz CT molecular complexity index is 1170. The number of piperazine rings is 1. The summed E-state index contributed by atoms with van der Waals surface area (Å²) >= 11 is 6.26. The molecule has 2 aromatic carbocycles. The smallest absolute Gasteiger partial charge is 0.224 e. The van der Waals surface area contributed by atoms with Crippen LogP contribution in [0.2, 0.25) is 5.02 Å². The lowest BCUT2D eigenvalue weighted by atomic mass is 10.0. The van der Waals surface area contributed by atoms with Crippen LogP contribution in [0.4, 0.5) is 11.4 Å². The summed E-state index contributed by atoms with van der Waals surface area (Å²) in [5.74, 6) is -0.318. The van der Waals surface area contributed by atoms with E-state index in [-0.39, 0.29) is 24.7 Å². The van der Waals surface area contributed by atoms with E-state index >= 15 is 0 Å². The monoisotopic (exact) mass is 421 g/mol.